The first-order valence-corrected chi connectivity index (χ1v) is 6.09. The molecular formula is C14H24F2O. The van der Waals surface area contributed by atoms with Gasteiger partial charge in [0.1, 0.15) is 0 Å². The topological polar surface area (TPSA) is 9.23 Å². The summed E-state index contributed by atoms with van der Waals surface area (Å²) in [4.78, 5) is 0. The summed E-state index contributed by atoms with van der Waals surface area (Å²) < 4.78 is 32.3. The number of hydrogen-bond donors (Lipinski definition) is 0. The van der Waals surface area contributed by atoms with E-state index in [-0.39, 0.29) is 22.3 Å². The highest BCUT2D eigenvalue weighted by atomic mass is 19.3. The van der Waals surface area contributed by atoms with Crippen LogP contribution in [0.2, 0.25) is 0 Å². The van der Waals surface area contributed by atoms with Crippen LogP contribution in [0.25, 0.3) is 0 Å². The van der Waals surface area contributed by atoms with Crippen LogP contribution in [0.5, 0.6) is 0 Å². The minimum absolute atomic E-state index is 0.0645. The van der Waals surface area contributed by atoms with Gasteiger partial charge in [0.05, 0.1) is 6.10 Å². The number of rotatable bonds is 0. The lowest BCUT2D eigenvalue weighted by Crippen LogP contribution is -2.51. The van der Waals surface area contributed by atoms with Crippen LogP contribution in [-0.4, -0.2) is 12.2 Å². The molecule has 2 unspecified atom stereocenters. The highest BCUT2D eigenvalue weighted by Gasteiger charge is 2.52. The van der Waals surface area contributed by atoms with E-state index in [2.05, 4.69) is 27.4 Å². The Morgan fingerprint density at radius 1 is 1.12 bits per heavy atom. The summed E-state index contributed by atoms with van der Waals surface area (Å²) in [5.74, 6) is 0.0645. The third-order valence-corrected chi connectivity index (χ3v) is 3.48. The summed E-state index contributed by atoms with van der Waals surface area (Å²) in [5.41, 5.74) is -0.475. The second-order valence-electron chi connectivity index (χ2n) is 7.20. The predicted molar refractivity (Wildman–Crippen MR) is 66.0 cm³/mol. The monoisotopic (exact) mass is 246 g/mol. The van der Waals surface area contributed by atoms with Crippen molar-refractivity contribution in [3.8, 4) is 0 Å². The van der Waals surface area contributed by atoms with Crippen LogP contribution in [0.1, 0.15) is 48.0 Å². The van der Waals surface area contributed by atoms with E-state index in [1.807, 2.05) is 20.8 Å². The lowest BCUT2D eigenvalue weighted by Gasteiger charge is -2.48. The summed E-state index contributed by atoms with van der Waals surface area (Å²) in [6.45, 7) is 15.5. The molecule has 1 aliphatic heterocycles. The molecule has 0 N–H and O–H groups in total. The fraction of sp³-hybridized carbons (Fsp3) is 0.857. The number of halogens is 2. The number of hydrogen-bond acceptors (Lipinski definition) is 1. The Balaban J connectivity index is 3.08. The molecule has 2 atom stereocenters. The molecule has 0 radical (unpaired) electrons. The fourth-order valence-electron chi connectivity index (χ4n) is 2.36. The van der Waals surface area contributed by atoms with E-state index in [4.69, 9.17) is 4.74 Å². The highest BCUT2D eigenvalue weighted by molar-refractivity contribution is 5.11. The lowest BCUT2D eigenvalue weighted by atomic mass is 9.66. The molecule has 0 spiro atoms. The molecule has 0 amide bonds. The molecule has 0 aromatic rings. The normalized spacial score (nSPS) is 30.5. The maximum atomic E-state index is 13.6. The van der Waals surface area contributed by atoms with Gasteiger partial charge in [0.25, 0.3) is 0 Å². The van der Waals surface area contributed by atoms with Gasteiger partial charge in [0.15, 0.2) is 0 Å². The van der Waals surface area contributed by atoms with Crippen LogP contribution in [0.15, 0.2) is 12.2 Å². The molecule has 0 saturated carbocycles. The maximum absolute atomic E-state index is 13.6. The largest absolute Gasteiger partial charge is 0.379 e. The van der Waals surface area contributed by atoms with Crippen LogP contribution in [-0.2, 0) is 4.74 Å². The molecule has 1 heterocycles. The van der Waals surface area contributed by atoms with Crippen molar-refractivity contribution in [1.82, 2.24) is 0 Å². The molecular weight excluding hydrogens is 222 g/mol. The van der Waals surface area contributed by atoms with Gasteiger partial charge in [0.2, 0.25) is 0 Å². The molecule has 0 aromatic carbocycles. The zero-order valence-corrected chi connectivity index (χ0v) is 11.7. The zero-order valence-electron chi connectivity index (χ0n) is 11.7. The van der Waals surface area contributed by atoms with Gasteiger partial charge in [-0.1, -0.05) is 48.1 Å². The SMILES string of the molecule is C=C1CC(C(C)(C)C)C(C(C)(C)C)OC1(F)F. The highest BCUT2D eigenvalue weighted by Crippen LogP contribution is 2.49. The average molecular weight is 246 g/mol. The average Bonchev–Trinajstić information content (AvgIpc) is 2.05. The van der Waals surface area contributed by atoms with Crippen molar-refractivity contribution >= 4 is 0 Å². The molecule has 3 heteroatoms. The van der Waals surface area contributed by atoms with E-state index in [0.717, 1.165) is 0 Å². The third kappa shape index (κ3) is 3.06. The van der Waals surface area contributed by atoms with Crippen molar-refractivity contribution in [1.29, 1.82) is 0 Å². The number of alkyl halides is 2. The molecule has 1 fully saturated rings. The van der Waals surface area contributed by atoms with Crippen molar-refractivity contribution in [2.75, 3.05) is 0 Å². The minimum atomic E-state index is -3.18. The van der Waals surface area contributed by atoms with Gasteiger partial charge in [0, 0.05) is 5.57 Å². The standard InChI is InChI=1S/C14H24F2O/c1-9-8-10(12(2,3)4)11(13(5,6)7)17-14(9,15)16/h10-11H,1,8H2,2-7H3. The van der Waals surface area contributed by atoms with Crippen LogP contribution < -0.4 is 0 Å². The van der Waals surface area contributed by atoms with Gasteiger partial charge in [-0.25, -0.2) is 0 Å². The second kappa shape index (κ2) is 4.04. The fourth-order valence-corrected chi connectivity index (χ4v) is 2.36. The number of ether oxygens (including phenoxy) is 1. The molecule has 100 valence electrons. The van der Waals surface area contributed by atoms with Crippen LogP contribution in [0, 0.1) is 16.7 Å². The Morgan fingerprint density at radius 3 is 1.94 bits per heavy atom. The Hall–Kier alpha value is -0.440. The summed E-state index contributed by atoms with van der Waals surface area (Å²) in [5, 5.41) is 0. The van der Waals surface area contributed by atoms with Gasteiger partial charge in [-0.3, -0.25) is 0 Å². The van der Waals surface area contributed by atoms with E-state index >= 15 is 0 Å². The first-order chi connectivity index (χ1) is 7.36. The Bertz CT molecular complexity index is 307. The molecule has 1 saturated heterocycles. The molecule has 0 bridgehead atoms. The first kappa shape index (κ1) is 14.6. The van der Waals surface area contributed by atoms with Crippen molar-refractivity contribution in [3.05, 3.63) is 12.2 Å². The molecule has 1 aliphatic rings. The quantitative estimate of drug-likeness (QED) is 0.566. The van der Waals surface area contributed by atoms with Crippen molar-refractivity contribution in [3.63, 3.8) is 0 Å². The molecule has 1 nitrogen and oxygen atoms in total. The van der Waals surface area contributed by atoms with Crippen molar-refractivity contribution < 1.29 is 13.5 Å². The third-order valence-electron chi connectivity index (χ3n) is 3.48. The zero-order chi connectivity index (χ0) is 13.6. The van der Waals surface area contributed by atoms with E-state index in [1.165, 1.54) is 0 Å². The van der Waals surface area contributed by atoms with E-state index in [9.17, 15) is 8.78 Å². The van der Waals surface area contributed by atoms with Gasteiger partial charge in [-0.15, -0.1) is 0 Å². The lowest BCUT2D eigenvalue weighted by molar-refractivity contribution is -0.290. The smallest absolute Gasteiger partial charge is 0.313 e. The first-order valence-electron chi connectivity index (χ1n) is 6.09. The van der Waals surface area contributed by atoms with Gasteiger partial charge in [-0.2, -0.15) is 8.78 Å². The predicted octanol–water partition coefficient (Wildman–Crippen LogP) is 4.63. The summed E-state index contributed by atoms with van der Waals surface area (Å²) >= 11 is 0. The van der Waals surface area contributed by atoms with Crippen molar-refractivity contribution in [2.24, 2.45) is 16.7 Å². The Morgan fingerprint density at radius 2 is 1.59 bits per heavy atom. The molecule has 0 aromatic heterocycles. The molecule has 1 rings (SSSR count). The minimum Gasteiger partial charge on any atom is -0.313 e. The van der Waals surface area contributed by atoms with E-state index < -0.39 is 12.2 Å². The van der Waals surface area contributed by atoms with Crippen LogP contribution in [0.3, 0.4) is 0 Å². The van der Waals surface area contributed by atoms with Crippen LogP contribution >= 0.6 is 0 Å². The van der Waals surface area contributed by atoms with E-state index in [0.29, 0.717) is 6.42 Å². The maximum Gasteiger partial charge on any atom is 0.379 e. The Labute approximate surface area is 103 Å². The molecule has 0 aliphatic carbocycles. The van der Waals surface area contributed by atoms with Gasteiger partial charge in [-0.05, 0) is 23.2 Å². The van der Waals surface area contributed by atoms with Crippen molar-refractivity contribution in [2.45, 2.75) is 60.2 Å². The Kier molecular flexibility index (Phi) is 3.48. The van der Waals surface area contributed by atoms with E-state index in [1.54, 1.807) is 0 Å². The van der Waals surface area contributed by atoms with Gasteiger partial charge < -0.3 is 4.74 Å². The van der Waals surface area contributed by atoms with Gasteiger partial charge >= 0.3 is 6.11 Å². The molecule has 17 heavy (non-hydrogen) atoms. The summed E-state index contributed by atoms with van der Waals surface area (Å²) in [7, 11) is 0. The second-order valence-corrected chi connectivity index (χ2v) is 7.20. The van der Waals surface area contributed by atoms with Crippen LogP contribution in [0.4, 0.5) is 8.78 Å². The summed E-state index contributed by atoms with van der Waals surface area (Å²) in [6.07, 6.45) is -3.30. The summed E-state index contributed by atoms with van der Waals surface area (Å²) in [6, 6.07) is 0.